The minimum absolute atomic E-state index is 0.0497. The molecule has 3 heterocycles. The summed E-state index contributed by atoms with van der Waals surface area (Å²) >= 11 is 0. The highest BCUT2D eigenvalue weighted by molar-refractivity contribution is 6.74. The summed E-state index contributed by atoms with van der Waals surface area (Å²) in [4.78, 5) is 55.9. The molecule has 3 fully saturated rings. The van der Waals surface area contributed by atoms with E-state index >= 15 is 0 Å². The molecule has 3 aliphatic heterocycles. The largest absolute Gasteiger partial charge is 0.462 e. The Morgan fingerprint density at radius 1 is 0.892 bits per heavy atom. The minimum atomic E-state index is -2.38. The third kappa shape index (κ3) is 17.9. The second-order valence-electron chi connectivity index (χ2n) is 23.1. The summed E-state index contributed by atoms with van der Waals surface area (Å²) in [5.41, 5.74) is -1.52. The average Bonchev–Trinajstić information content (AvgIpc) is 3.31. The lowest BCUT2D eigenvalue weighted by atomic mass is 9.82. The van der Waals surface area contributed by atoms with Crippen LogP contribution in [0.2, 0.25) is 18.1 Å². The van der Waals surface area contributed by atoms with Crippen molar-refractivity contribution in [2.75, 3.05) is 35.4 Å². The standard InChI is InChI=1S/C55H95NO17Si/c1-18-42(58)70-51-36(5)66-45(32-55(51,10)61)71-47-35(4)67-53(50(68-37(6)57)46(47)56(11)12)72-48-39(30-44(62-13)63-14)29-33(2)40(73-74(16,17)54(7,8)9)28-24-19-21-25-34(3)65-43(59)31-41(49(48)64-15)69-52(60)38-26-22-20-23-27-38/h19,21,24,28,33-36,38-41,44-51,53,61H,18,20,22-23,25-27,29-32H2,1-17H3/b21-19+,28-24+/t33-,34-,35-,36+,39-,40+,41-,45+,46+,47-,48+,49+,50-,51+,53+,55-/m1/s1. The minimum Gasteiger partial charge on any atom is -0.462 e. The van der Waals surface area contributed by atoms with Crippen LogP contribution in [0.5, 0.6) is 0 Å². The SMILES string of the molecule is CCC(=O)O[C@H]1[C@H](C)O[C@@H](O[C@H]2[C@H](N(C)C)[C@@H](OC(C)=O)[C@H](O[C@H]3[C@@H](CC(OC)OC)C[C@@H](C)[C@@H](O[Si](C)(C)C(C)(C)C)/C=C/C=C/C[C@@H](C)OC(=O)C[C@@H](OC(=O)C4CCCCC4)[C@@H]3OC)O[C@@H]2C)C[C@@]1(C)O. The van der Waals surface area contributed by atoms with E-state index in [0.717, 1.165) is 19.3 Å². The van der Waals surface area contributed by atoms with Crippen molar-refractivity contribution in [2.45, 2.75) is 250 Å². The number of nitrogens with zero attached hydrogens (tertiary/aromatic N) is 1. The van der Waals surface area contributed by atoms with E-state index in [4.69, 9.17) is 56.5 Å². The first-order valence-corrected chi connectivity index (χ1v) is 29.9. The van der Waals surface area contributed by atoms with Gasteiger partial charge in [0.05, 0.1) is 42.8 Å². The molecule has 0 spiro atoms. The quantitative estimate of drug-likeness (QED) is 0.0635. The number of allylic oxidation sites excluding steroid dienone is 2. The van der Waals surface area contributed by atoms with E-state index in [-0.39, 0.29) is 48.7 Å². The molecule has 0 radical (unpaired) electrons. The fraction of sp³-hybridized carbons (Fsp3) is 0.855. The van der Waals surface area contributed by atoms with Gasteiger partial charge in [0.2, 0.25) is 0 Å². The maximum absolute atomic E-state index is 14.3. The lowest BCUT2D eigenvalue weighted by Gasteiger charge is -2.51. The molecule has 1 saturated carbocycles. The Balaban J connectivity index is 1.92. The summed E-state index contributed by atoms with van der Waals surface area (Å²) in [7, 11) is 5.86. The molecule has 0 amide bonds. The maximum Gasteiger partial charge on any atom is 0.309 e. The fourth-order valence-corrected chi connectivity index (χ4v) is 11.9. The van der Waals surface area contributed by atoms with Gasteiger partial charge in [-0.15, -0.1) is 0 Å². The lowest BCUT2D eigenvalue weighted by molar-refractivity contribution is -0.345. The predicted octanol–water partition coefficient (Wildman–Crippen LogP) is 7.96. The van der Waals surface area contributed by atoms with Gasteiger partial charge in [-0.3, -0.25) is 19.2 Å². The van der Waals surface area contributed by atoms with E-state index in [9.17, 15) is 24.3 Å². The normalized spacial score (nSPS) is 36.4. The first-order valence-electron chi connectivity index (χ1n) is 27.0. The molecule has 1 aliphatic carbocycles. The average molecular weight is 1070 g/mol. The molecule has 74 heavy (non-hydrogen) atoms. The van der Waals surface area contributed by atoms with Crippen molar-refractivity contribution in [3.63, 3.8) is 0 Å². The van der Waals surface area contributed by atoms with Crippen molar-refractivity contribution in [1.29, 1.82) is 0 Å². The van der Waals surface area contributed by atoms with Crippen LogP contribution in [0.15, 0.2) is 24.3 Å². The van der Waals surface area contributed by atoms with Crippen LogP contribution >= 0.6 is 0 Å². The number of carbonyl (C=O) groups excluding carboxylic acids is 4. The molecule has 2 saturated heterocycles. The third-order valence-electron chi connectivity index (χ3n) is 15.6. The molecule has 4 rings (SSSR count). The van der Waals surface area contributed by atoms with Gasteiger partial charge in [0.25, 0.3) is 0 Å². The Hall–Kier alpha value is -2.82. The number of hydrogen-bond donors (Lipinski definition) is 1. The van der Waals surface area contributed by atoms with Crippen LogP contribution < -0.4 is 0 Å². The number of ether oxygens (including phenoxy) is 11. The van der Waals surface area contributed by atoms with Crippen LogP contribution in [0.1, 0.15) is 140 Å². The molecule has 426 valence electrons. The molecule has 0 unspecified atom stereocenters. The second-order valence-corrected chi connectivity index (χ2v) is 27.8. The van der Waals surface area contributed by atoms with Crippen LogP contribution in [-0.2, 0) is 75.7 Å². The van der Waals surface area contributed by atoms with E-state index in [0.29, 0.717) is 25.7 Å². The molecule has 0 aromatic carbocycles. The summed E-state index contributed by atoms with van der Waals surface area (Å²) in [5, 5.41) is 11.5. The van der Waals surface area contributed by atoms with Crippen LogP contribution in [0.25, 0.3) is 0 Å². The zero-order valence-electron chi connectivity index (χ0n) is 47.8. The van der Waals surface area contributed by atoms with E-state index in [1.165, 1.54) is 14.0 Å². The number of likely N-dealkylation sites (N-methyl/N-ethyl adjacent to an activating group) is 1. The summed E-state index contributed by atoms with van der Waals surface area (Å²) in [6.07, 6.45) is 1.03. The number of methoxy groups -OCH3 is 3. The van der Waals surface area contributed by atoms with Gasteiger partial charge < -0.3 is 66.5 Å². The van der Waals surface area contributed by atoms with Gasteiger partial charge in [0.1, 0.15) is 30.0 Å². The summed E-state index contributed by atoms with van der Waals surface area (Å²) in [6.45, 7) is 23.1. The summed E-state index contributed by atoms with van der Waals surface area (Å²) < 4.78 is 77.1. The summed E-state index contributed by atoms with van der Waals surface area (Å²) in [5.74, 6) is -3.22. The van der Waals surface area contributed by atoms with Crippen molar-refractivity contribution in [1.82, 2.24) is 4.90 Å². The summed E-state index contributed by atoms with van der Waals surface area (Å²) in [6, 6.07) is -0.751. The van der Waals surface area contributed by atoms with Crippen molar-refractivity contribution < 1.29 is 80.8 Å². The molecular formula is C55H95NO17Si. The molecule has 19 heteroatoms. The Bertz CT molecular complexity index is 1830. The van der Waals surface area contributed by atoms with Crippen molar-refractivity contribution >= 4 is 32.2 Å². The first kappa shape index (κ1) is 63.7. The third-order valence-corrected chi connectivity index (χ3v) is 20.1. The zero-order valence-corrected chi connectivity index (χ0v) is 48.8. The van der Waals surface area contributed by atoms with E-state index in [2.05, 4.69) is 46.9 Å². The van der Waals surface area contributed by atoms with Crippen molar-refractivity contribution in [2.24, 2.45) is 17.8 Å². The molecule has 4 aliphatic rings. The Kier molecular flexibility index (Phi) is 24.7. The molecule has 1 N–H and O–H groups in total. The highest BCUT2D eigenvalue weighted by atomic mass is 28.4. The van der Waals surface area contributed by atoms with Crippen LogP contribution in [0, 0.1) is 17.8 Å². The maximum atomic E-state index is 14.3. The van der Waals surface area contributed by atoms with Crippen LogP contribution in [-0.4, -0.2) is 169 Å². The fourth-order valence-electron chi connectivity index (χ4n) is 10.5. The monoisotopic (exact) mass is 1070 g/mol. The molecule has 0 bridgehead atoms. The Labute approximate surface area is 443 Å². The Morgan fingerprint density at radius 3 is 2.12 bits per heavy atom. The van der Waals surface area contributed by atoms with Gasteiger partial charge in [-0.25, -0.2) is 0 Å². The van der Waals surface area contributed by atoms with Gasteiger partial charge in [-0.2, -0.15) is 0 Å². The van der Waals surface area contributed by atoms with Crippen molar-refractivity contribution in [3.05, 3.63) is 24.3 Å². The zero-order chi connectivity index (χ0) is 55.3. The van der Waals surface area contributed by atoms with E-state index < -0.39 is 124 Å². The van der Waals surface area contributed by atoms with Gasteiger partial charge in [0, 0.05) is 53.9 Å². The Morgan fingerprint density at radius 2 is 1.55 bits per heavy atom. The second kappa shape index (κ2) is 28.7. The predicted molar refractivity (Wildman–Crippen MR) is 279 cm³/mol. The molecule has 18 nitrogen and oxygen atoms in total. The first-order chi connectivity index (χ1) is 34.7. The van der Waals surface area contributed by atoms with Gasteiger partial charge in [-0.1, -0.05) is 78.2 Å². The number of cyclic esters (lactones) is 1. The smallest absolute Gasteiger partial charge is 0.309 e. The molecule has 16 atom stereocenters. The lowest BCUT2D eigenvalue weighted by Crippen LogP contribution is -2.66. The molecular weight excluding hydrogens is 975 g/mol. The molecule has 0 aromatic rings. The van der Waals surface area contributed by atoms with Gasteiger partial charge >= 0.3 is 23.9 Å². The number of esters is 4. The van der Waals surface area contributed by atoms with Crippen molar-refractivity contribution in [3.8, 4) is 0 Å². The van der Waals surface area contributed by atoms with E-state index in [1.807, 2.05) is 51.1 Å². The number of hydrogen-bond acceptors (Lipinski definition) is 18. The van der Waals surface area contributed by atoms with Crippen LogP contribution in [0.3, 0.4) is 0 Å². The van der Waals surface area contributed by atoms with Gasteiger partial charge in [-0.05, 0) is 91.0 Å². The van der Waals surface area contributed by atoms with Gasteiger partial charge in [0.15, 0.2) is 39.4 Å². The van der Waals surface area contributed by atoms with E-state index in [1.54, 1.807) is 35.0 Å². The van der Waals surface area contributed by atoms with Crippen LogP contribution in [0.4, 0.5) is 0 Å². The highest BCUT2D eigenvalue weighted by Crippen LogP contribution is 2.42. The topological polar surface area (TPSA) is 203 Å². The number of aliphatic hydroxyl groups is 1. The molecule has 0 aromatic heterocycles. The number of rotatable bonds is 17. The highest BCUT2D eigenvalue weighted by Gasteiger charge is 2.55. The number of carbonyl (C=O) groups is 4.